The fourth-order valence-electron chi connectivity index (χ4n) is 1.74. The average molecular weight is 268 g/mol. The highest BCUT2D eigenvalue weighted by Crippen LogP contribution is 2.37. The third-order valence-corrected chi connectivity index (χ3v) is 5.14. The molecule has 0 amide bonds. The number of aryl methyl sites for hydroxylation is 1. The average Bonchev–Trinajstić information content (AvgIpc) is 2.28. The molecule has 0 spiro atoms. The van der Waals surface area contributed by atoms with E-state index in [-0.39, 0.29) is 0 Å². The summed E-state index contributed by atoms with van der Waals surface area (Å²) in [6.45, 7) is 3.49. The van der Waals surface area contributed by atoms with Gasteiger partial charge in [0, 0.05) is 9.79 Å². The SMILES string of the molecule is CC(C)(Sc1ccc2c(c1)CCCS2)C(=O)O. The maximum Gasteiger partial charge on any atom is 0.319 e. The molecule has 4 heteroatoms. The number of carboxylic acid groups (broad SMARTS) is 1. The number of aliphatic carboxylic acids is 1. The predicted octanol–water partition coefficient (Wildman–Crippen LogP) is 3.68. The van der Waals surface area contributed by atoms with Crippen molar-refractivity contribution < 1.29 is 9.90 Å². The Balaban J connectivity index is 2.20. The highest BCUT2D eigenvalue weighted by Gasteiger charge is 2.28. The Kier molecular flexibility index (Phi) is 3.73. The third kappa shape index (κ3) is 2.99. The van der Waals surface area contributed by atoms with E-state index in [0.717, 1.165) is 11.3 Å². The highest BCUT2D eigenvalue weighted by molar-refractivity contribution is 8.01. The van der Waals surface area contributed by atoms with Gasteiger partial charge in [0.25, 0.3) is 0 Å². The van der Waals surface area contributed by atoms with E-state index in [1.54, 1.807) is 13.8 Å². The van der Waals surface area contributed by atoms with Crippen LogP contribution in [0.5, 0.6) is 0 Å². The maximum absolute atomic E-state index is 11.1. The predicted molar refractivity (Wildman–Crippen MR) is 73.1 cm³/mol. The van der Waals surface area contributed by atoms with Crippen LogP contribution in [0.15, 0.2) is 28.0 Å². The first-order valence-corrected chi connectivity index (χ1v) is 7.47. The molecule has 0 bridgehead atoms. The van der Waals surface area contributed by atoms with Crippen LogP contribution in [0.3, 0.4) is 0 Å². The zero-order valence-corrected chi connectivity index (χ0v) is 11.7. The third-order valence-electron chi connectivity index (χ3n) is 2.77. The van der Waals surface area contributed by atoms with Gasteiger partial charge < -0.3 is 5.11 Å². The van der Waals surface area contributed by atoms with Crippen LogP contribution in [0, 0.1) is 0 Å². The van der Waals surface area contributed by atoms with Gasteiger partial charge in [-0.3, -0.25) is 4.79 Å². The molecular weight excluding hydrogens is 252 g/mol. The number of thioether (sulfide) groups is 2. The monoisotopic (exact) mass is 268 g/mol. The summed E-state index contributed by atoms with van der Waals surface area (Å²) in [4.78, 5) is 13.5. The normalized spacial score (nSPS) is 15.4. The summed E-state index contributed by atoms with van der Waals surface area (Å²) in [7, 11) is 0. The van der Waals surface area contributed by atoms with Crippen LogP contribution in [-0.4, -0.2) is 21.6 Å². The number of fused-ring (bicyclic) bond motifs is 1. The molecule has 2 nitrogen and oxygen atoms in total. The lowest BCUT2D eigenvalue weighted by Gasteiger charge is -2.20. The van der Waals surface area contributed by atoms with Gasteiger partial charge in [-0.25, -0.2) is 0 Å². The molecule has 0 saturated heterocycles. The van der Waals surface area contributed by atoms with E-state index in [0.29, 0.717) is 0 Å². The lowest BCUT2D eigenvalue weighted by Crippen LogP contribution is -2.26. The van der Waals surface area contributed by atoms with E-state index in [1.807, 2.05) is 17.8 Å². The number of carboxylic acids is 1. The molecule has 1 aliphatic rings. The van der Waals surface area contributed by atoms with Crippen molar-refractivity contribution in [2.75, 3.05) is 5.75 Å². The topological polar surface area (TPSA) is 37.3 Å². The van der Waals surface area contributed by atoms with Crippen LogP contribution in [0.25, 0.3) is 0 Å². The van der Waals surface area contributed by atoms with Crippen molar-refractivity contribution in [1.29, 1.82) is 0 Å². The molecule has 92 valence electrons. The van der Waals surface area contributed by atoms with Gasteiger partial charge in [-0.15, -0.1) is 23.5 Å². The van der Waals surface area contributed by atoms with Crippen LogP contribution in [0.2, 0.25) is 0 Å². The van der Waals surface area contributed by atoms with E-state index in [2.05, 4.69) is 12.1 Å². The Morgan fingerprint density at radius 1 is 1.47 bits per heavy atom. The Labute approximate surface area is 110 Å². The second-order valence-corrected chi connectivity index (χ2v) is 7.47. The van der Waals surface area contributed by atoms with Crippen molar-refractivity contribution in [3.63, 3.8) is 0 Å². The number of rotatable bonds is 3. The van der Waals surface area contributed by atoms with Crippen molar-refractivity contribution in [3.05, 3.63) is 23.8 Å². The van der Waals surface area contributed by atoms with Gasteiger partial charge in [0.2, 0.25) is 0 Å². The van der Waals surface area contributed by atoms with Crippen LogP contribution in [0.1, 0.15) is 25.8 Å². The van der Waals surface area contributed by atoms with Crippen molar-refractivity contribution in [2.45, 2.75) is 41.2 Å². The van der Waals surface area contributed by atoms with E-state index in [1.165, 1.54) is 34.4 Å². The first kappa shape index (κ1) is 12.8. The van der Waals surface area contributed by atoms with E-state index in [9.17, 15) is 4.79 Å². The summed E-state index contributed by atoms with van der Waals surface area (Å²) in [5.41, 5.74) is 1.37. The minimum absolute atomic E-state index is 0.768. The molecular formula is C13H16O2S2. The van der Waals surface area contributed by atoms with Gasteiger partial charge in [-0.2, -0.15) is 0 Å². The number of hydrogen-bond acceptors (Lipinski definition) is 3. The summed E-state index contributed by atoms with van der Waals surface area (Å²) < 4.78 is -0.768. The largest absolute Gasteiger partial charge is 0.480 e. The summed E-state index contributed by atoms with van der Waals surface area (Å²) in [5, 5.41) is 9.12. The second kappa shape index (κ2) is 4.94. The van der Waals surface area contributed by atoms with Crippen LogP contribution in [-0.2, 0) is 11.2 Å². The molecule has 1 aliphatic heterocycles. The fourth-order valence-corrected chi connectivity index (χ4v) is 3.77. The Morgan fingerprint density at radius 2 is 2.24 bits per heavy atom. The number of benzene rings is 1. The molecule has 0 aliphatic carbocycles. The molecule has 1 aromatic rings. The zero-order chi connectivity index (χ0) is 12.5. The molecule has 1 aromatic carbocycles. The zero-order valence-electron chi connectivity index (χ0n) is 10.0. The maximum atomic E-state index is 11.1. The molecule has 17 heavy (non-hydrogen) atoms. The second-order valence-electron chi connectivity index (χ2n) is 4.64. The Morgan fingerprint density at radius 3 is 2.94 bits per heavy atom. The minimum atomic E-state index is -0.769. The highest BCUT2D eigenvalue weighted by atomic mass is 32.2. The summed E-state index contributed by atoms with van der Waals surface area (Å²) in [6.07, 6.45) is 2.33. The summed E-state index contributed by atoms with van der Waals surface area (Å²) >= 11 is 3.31. The van der Waals surface area contributed by atoms with Gasteiger partial charge in [-0.1, -0.05) is 0 Å². The van der Waals surface area contributed by atoms with Gasteiger partial charge in [-0.05, 0) is 56.2 Å². The molecule has 1 heterocycles. The van der Waals surface area contributed by atoms with Gasteiger partial charge in [0.1, 0.15) is 4.75 Å². The van der Waals surface area contributed by atoms with Gasteiger partial charge in [0.15, 0.2) is 0 Å². The van der Waals surface area contributed by atoms with E-state index < -0.39 is 10.7 Å². The number of carbonyl (C=O) groups is 1. The van der Waals surface area contributed by atoms with Gasteiger partial charge >= 0.3 is 5.97 Å². The smallest absolute Gasteiger partial charge is 0.319 e. The standard InChI is InChI=1S/C13H16O2S2/c1-13(2,12(14)15)17-10-5-6-11-9(8-10)4-3-7-16-11/h5-6,8H,3-4,7H2,1-2H3,(H,14,15). The molecule has 0 saturated carbocycles. The van der Waals surface area contributed by atoms with Crippen molar-refractivity contribution in [2.24, 2.45) is 0 Å². The van der Waals surface area contributed by atoms with Crippen molar-refractivity contribution in [3.8, 4) is 0 Å². The quantitative estimate of drug-likeness (QED) is 0.849. The molecule has 0 unspecified atom stereocenters. The van der Waals surface area contributed by atoms with E-state index >= 15 is 0 Å². The molecule has 1 N–H and O–H groups in total. The Hall–Kier alpha value is -0.610. The molecule has 0 atom stereocenters. The molecule has 0 fully saturated rings. The fraction of sp³-hybridized carbons (Fsp3) is 0.462. The first-order chi connectivity index (χ1) is 7.99. The molecule has 2 rings (SSSR count). The van der Waals surface area contributed by atoms with Crippen LogP contribution >= 0.6 is 23.5 Å². The number of hydrogen-bond donors (Lipinski definition) is 1. The summed E-state index contributed by atoms with van der Waals surface area (Å²) in [5.74, 6) is 0.426. The van der Waals surface area contributed by atoms with Crippen LogP contribution in [0.4, 0.5) is 0 Å². The first-order valence-electron chi connectivity index (χ1n) is 5.67. The Bertz CT molecular complexity index is 441. The van der Waals surface area contributed by atoms with Crippen molar-refractivity contribution in [1.82, 2.24) is 0 Å². The lowest BCUT2D eigenvalue weighted by molar-refractivity contribution is -0.138. The van der Waals surface area contributed by atoms with Gasteiger partial charge in [0.05, 0.1) is 0 Å². The lowest BCUT2D eigenvalue weighted by atomic mass is 10.1. The minimum Gasteiger partial charge on any atom is -0.480 e. The molecule has 0 aromatic heterocycles. The van der Waals surface area contributed by atoms with E-state index in [4.69, 9.17) is 5.11 Å². The summed E-state index contributed by atoms with van der Waals surface area (Å²) in [6, 6.07) is 6.31. The molecule has 0 radical (unpaired) electrons. The van der Waals surface area contributed by atoms with Crippen LogP contribution < -0.4 is 0 Å². The van der Waals surface area contributed by atoms with Crippen molar-refractivity contribution >= 4 is 29.5 Å².